The molecule has 13 nitrogen and oxygen atoms in total. The third kappa shape index (κ3) is 8.01. The van der Waals surface area contributed by atoms with Gasteiger partial charge in [0, 0.05) is 36.6 Å². The van der Waals surface area contributed by atoms with E-state index in [1.165, 1.54) is 18.0 Å². The molecule has 0 aromatic carbocycles. The zero-order chi connectivity index (χ0) is 36.8. The molecule has 0 bridgehead atoms. The Bertz CT molecular complexity index is 1630. The average Bonchev–Trinajstić information content (AvgIpc) is 3.36. The van der Waals surface area contributed by atoms with E-state index in [0.717, 1.165) is 14.5 Å². The SMILES string of the molecule is Cc1cn([C@@H]2O[C@H](CO[Si](C)(C)C(C)(C)C)[C@@]3(OS(=O)(=O)C=C3N)[C@H]2O[Si](C)(C)C(C)(C)C)c(=O)n(CC(=O)N(CCCl)CCCl)c1=O. The lowest BCUT2D eigenvalue weighted by Gasteiger charge is -2.43. The largest absolute Gasteiger partial charge is 0.414 e. The summed E-state index contributed by atoms with van der Waals surface area (Å²) in [7, 11) is -9.51. The smallest absolute Gasteiger partial charge is 0.333 e. The van der Waals surface area contributed by atoms with Gasteiger partial charge < -0.3 is 24.2 Å². The monoisotopic (exact) mass is 770 g/mol. The first kappa shape index (κ1) is 40.9. The van der Waals surface area contributed by atoms with Crippen molar-refractivity contribution in [3.63, 3.8) is 0 Å². The first-order valence-electron chi connectivity index (χ1n) is 15.9. The first-order chi connectivity index (χ1) is 21.8. The van der Waals surface area contributed by atoms with E-state index in [9.17, 15) is 22.8 Å². The number of carbonyl (C=O) groups excluding carboxylic acids is 1. The molecule has 0 radical (unpaired) electrons. The van der Waals surface area contributed by atoms with Crippen molar-refractivity contribution in [3.05, 3.63) is 43.7 Å². The van der Waals surface area contributed by atoms with E-state index in [1.807, 2.05) is 47.0 Å². The molecular weight excluding hydrogens is 719 g/mol. The van der Waals surface area contributed by atoms with E-state index in [2.05, 4.69) is 20.8 Å². The number of aryl methyl sites for hydroxylation is 1. The minimum absolute atomic E-state index is 0.119. The summed E-state index contributed by atoms with van der Waals surface area (Å²) in [5.41, 5.74) is 3.10. The molecule has 1 amide bonds. The van der Waals surface area contributed by atoms with E-state index >= 15 is 0 Å². The molecular formula is C30H52Cl2N4O9SSi2. The number of ether oxygens (including phenoxy) is 1. The van der Waals surface area contributed by atoms with Crippen molar-refractivity contribution in [2.45, 2.75) is 115 Å². The molecule has 0 unspecified atom stereocenters. The molecule has 1 saturated heterocycles. The highest BCUT2D eigenvalue weighted by Crippen LogP contribution is 2.52. The van der Waals surface area contributed by atoms with Crippen LogP contribution in [0.25, 0.3) is 0 Å². The van der Waals surface area contributed by atoms with E-state index in [4.69, 9.17) is 46.7 Å². The lowest BCUT2D eigenvalue weighted by molar-refractivity contribution is -0.131. The number of amides is 1. The van der Waals surface area contributed by atoms with Crippen LogP contribution in [0, 0.1) is 6.92 Å². The predicted octanol–water partition coefficient (Wildman–Crippen LogP) is 3.83. The van der Waals surface area contributed by atoms with Crippen molar-refractivity contribution in [1.82, 2.24) is 14.0 Å². The summed E-state index contributed by atoms with van der Waals surface area (Å²) < 4.78 is 54.0. The number of nitrogens with two attached hydrogens (primary N) is 1. The van der Waals surface area contributed by atoms with Gasteiger partial charge in [-0.25, -0.2) is 8.98 Å². The van der Waals surface area contributed by atoms with Crippen LogP contribution in [0.1, 0.15) is 53.3 Å². The Morgan fingerprint density at radius 2 is 1.58 bits per heavy atom. The van der Waals surface area contributed by atoms with Gasteiger partial charge in [0.25, 0.3) is 15.7 Å². The van der Waals surface area contributed by atoms with Crippen molar-refractivity contribution < 1.29 is 31.0 Å². The summed E-state index contributed by atoms with van der Waals surface area (Å²) in [6.07, 6.45) is -2.43. The highest BCUT2D eigenvalue weighted by Gasteiger charge is 2.67. The maximum Gasteiger partial charge on any atom is 0.333 e. The van der Waals surface area contributed by atoms with Gasteiger partial charge in [-0.1, -0.05) is 41.5 Å². The quantitative estimate of drug-likeness (QED) is 0.188. The zero-order valence-electron chi connectivity index (χ0n) is 29.9. The molecule has 3 rings (SSSR count). The summed E-state index contributed by atoms with van der Waals surface area (Å²) in [5.74, 6) is -0.254. The molecule has 18 heteroatoms. The van der Waals surface area contributed by atoms with Crippen molar-refractivity contribution in [2.75, 3.05) is 31.5 Å². The first-order valence-corrected chi connectivity index (χ1v) is 24.2. The highest BCUT2D eigenvalue weighted by molar-refractivity contribution is 7.90. The fraction of sp³-hybridized carbons (Fsp3) is 0.767. The number of hydrogen-bond acceptors (Lipinski definition) is 10. The Balaban J connectivity index is 2.28. The number of hydrogen-bond donors (Lipinski definition) is 1. The van der Waals surface area contributed by atoms with Crippen LogP contribution >= 0.6 is 23.2 Å². The number of halogens is 2. The second-order valence-corrected chi connectivity index (χ2v) is 27.2. The number of carbonyl (C=O) groups is 1. The number of alkyl halides is 2. The molecule has 48 heavy (non-hydrogen) atoms. The topological polar surface area (TPSA) is 161 Å². The summed E-state index contributed by atoms with van der Waals surface area (Å²) in [6.45, 7) is 21.4. The molecule has 0 aliphatic carbocycles. The van der Waals surface area contributed by atoms with Crippen LogP contribution in [0.5, 0.6) is 0 Å². The van der Waals surface area contributed by atoms with Crippen LogP contribution in [0.15, 0.2) is 26.9 Å². The molecule has 1 aromatic rings. The molecule has 0 saturated carbocycles. The minimum Gasteiger partial charge on any atom is -0.414 e. The molecule has 274 valence electrons. The van der Waals surface area contributed by atoms with E-state index < -0.39 is 74.5 Å². The third-order valence-electron chi connectivity index (χ3n) is 10.1. The van der Waals surface area contributed by atoms with Crippen LogP contribution in [0.3, 0.4) is 0 Å². The molecule has 2 aliphatic heterocycles. The Morgan fingerprint density at radius 1 is 1.04 bits per heavy atom. The zero-order valence-corrected chi connectivity index (χ0v) is 34.2. The van der Waals surface area contributed by atoms with Gasteiger partial charge in [-0.3, -0.25) is 18.7 Å². The summed E-state index contributed by atoms with van der Waals surface area (Å²) in [6, 6.07) is 0. The molecule has 1 spiro atoms. The fourth-order valence-electron chi connectivity index (χ4n) is 5.09. The molecule has 3 heterocycles. The van der Waals surface area contributed by atoms with Gasteiger partial charge in [0.05, 0.1) is 17.7 Å². The lowest BCUT2D eigenvalue weighted by Crippen LogP contribution is -2.59. The molecule has 2 N–H and O–H groups in total. The molecule has 2 aliphatic rings. The van der Waals surface area contributed by atoms with E-state index in [1.54, 1.807) is 0 Å². The Morgan fingerprint density at radius 3 is 2.04 bits per heavy atom. The predicted molar refractivity (Wildman–Crippen MR) is 192 cm³/mol. The average molecular weight is 772 g/mol. The Kier molecular flexibility index (Phi) is 12.1. The van der Waals surface area contributed by atoms with Crippen molar-refractivity contribution in [3.8, 4) is 0 Å². The normalized spacial score (nSPS) is 24.7. The molecule has 4 atom stereocenters. The van der Waals surface area contributed by atoms with Gasteiger partial charge in [-0.2, -0.15) is 8.42 Å². The number of aromatic nitrogens is 2. The Labute approximate surface area is 296 Å². The van der Waals surface area contributed by atoms with Gasteiger partial charge in [0.2, 0.25) is 5.91 Å². The van der Waals surface area contributed by atoms with Gasteiger partial charge in [-0.05, 0) is 43.2 Å². The van der Waals surface area contributed by atoms with Crippen LogP contribution < -0.4 is 17.0 Å². The molecule has 1 aromatic heterocycles. The van der Waals surface area contributed by atoms with Crippen LogP contribution in [0.4, 0.5) is 0 Å². The second-order valence-electron chi connectivity index (χ2n) is 15.5. The van der Waals surface area contributed by atoms with Crippen molar-refractivity contribution in [1.29, 1.82) is 0 Å². The summed E-state index contributed by atoms with van der Waals surface area (Å²) in [5, 5.41) is 0.275. The van der Waals surface area contributed by atoms with Crippen LogP contribution in [-0.4, -0.2) is 94.3 Å². The Hall–Kier alpha value is -1.51. The third-order valence-corrected chi connectivity index (χ3v) is 20.4. The van der Waals surface area contributed by atoms with Gasteiger partial charge in [0.1, 0.15) is 18.8 Å². The van der Waals surface area contributed by atoms with Gasteiger partial charge in [-0.15, -0.1) is 23.2 Å². The second kappa shape index (κ2) is 14.3. The fourth-order valence-corrected chi connectivity index (χ4v) is 9.01. The lowest BCUT2D eigenvalue weighted by atomic mass is 9.89. The van der Waals surface area contributed by atoms with Crippen LogP contribution in [0.2, 0.25) is 36.3 Å². The standard InChI is InChI=1S/C30H52Cl2N4O9SSi2/c1-20-16-36(27(39)35(25(20)38)17-23(37)34(14-12-31)15-13-32)26-24(44-48(10,11)29(5,6)7)30(21(33)19-46(40,41)45-30)22(43-26)18-42-47(8,9)28(2,3)4/h16,19,22,24,26H,12-15,17-18,33H2,1-11H3/t22-,24+,26-,30-/m1/s1. The number of nitrogens with zero attached hydrogens (tertiary/aromatic N) is 3. The van der Waals surface area contributed by atoms with E-state index in [0.29, 0.717) is 0 Å². The van der Waals surface area contributed by atoms with E-state index in [-0.39, 0.29) is 52.8 Å². The summed E-state index contributed by atoms with van der Waals surface area (Å²) in [4.78, 5) is 42.2. The summed E-state index contributed by atoms with van der Waals surface area (Å²) >= 11 is 11.8. The van der Waals surface area contributed by atoms with Gasteiger partial charge >= 0.3 is 5.69 Å². The minimum atomic E-state index is -4.29. The number of rotatable bonds is 12. The maximum atomic E-state index is 14.2. The van der Waals surface area contributed by atoms with Crippen molar-refractivity contribution in [2.24, 2.45) is 5.73 Å². The van der Waals surface area contributed by atoms with Crippen LogP contribution in [-0.2, 0) is 39.2 Å². The maximum absolute atomic E-state index is 14.2. The highest BCUT2D eigenvalue weighted by atomic mass is 35.5. The molecule has 1 fully saturated rings. The van der Waals surface area contributed by atoms with Gasteiger partial charge in [0.15, 0.2) is 28.5 Å². The van der Waals surface area contributed by atoms with Crippen molar-refractivity contribution >= 4 is 55.9 Å².